The molecule has 0 spiro atoms. The molecule has 24 heavy (non-hydrogen) atoms. The number of rotatable bonds is 4. The zero-order valence-electron chi connectivity index (χ0n) is 12.9. The van der Waals surface area contributed by atoms with E-state index in [1.807, 2.05) is 6.92 Å². The summed E-state index contributed by atoms with van der Waals surface area (Å²) in [5, 5.41) is 13.8. The molecule has 2 heterocycles. The number of nitrogens with one attached hydrogen (secondary N) is 1. The Hall–Kier alpha value is -2.93. The Morgan fingerprint density at radius 2 is 2.21 bits per heavy atom. The van der Waals surface area contributed by atoms with Crippen molar-refractivity contribution in [2.75, 3.05) is 5.32 Å². The number of para-hydroxylation sites is 1. The lowest BCUT2D eigenvalue weighted by molar-refractivity contribution is 0.102. The number of pyridine rings is 1. The van der Waals surface area contributed by atoms with E-state index in [0.717, 1.165) is 4.88 Å². The number of nitrogens with zero attached hydrogens (tertiary/aromatic N) is 2. The Morgan fingerprint density at radius 3 is 2.88 bits per heavy atom. The molecule has 6 nitrogen and oxygen atoms in total. The molecule has 2 N–H and O–H groups in total. The van der Waals surface area contributed by atoms with Crippen molar-refractivity contribution in [1.29, 1.82) is 0 Å². The minimum absolute atomic E-state index is 0.232. The predicted molar refractivity (Wildman–Crippen MR) is 94.9 cm³/mol. The molecule has 0 saturated carbocycles. The Morgan fingerprint density at radius 1 is 1.46 bits per heavy atom. The van der Waals surface area contributed by atoms with Gasteiger partial charge in [0.25, 0.3) is 11.5 Å². The third-order valence-electron chi connectivity index (χ3n) is 3.53. The van der Waals surface area contributed by atoms with Crippen molar-refractivity contribution in [3.63, 3.8) is 0 Å². The van der Waals surface area contributed by atoms with Gasteiger partial charge in [-0.15, -0.1) is 17.9 Å². The molecule has 3 aromatic rings. The molecule has 0 saturated heterocycles. The number of carbonyl (C=O) groups is 1. The van der Waals surface area contributed by atoms with Gasteiger partial charge in [-0.05, 0) is 19.1 Å². The van der Waals surface area contributed by atoms with Crippen molar-refractivity contribution in [1.82, 2.24) is 9.55 Å². The van der Waals surface area contributed by atoms with E-state index in [-0.39, 0.29) is 17.9 Å². The summed E-state index contributed by atoms with van der Waals surface area (Å²) in [6.07, 6.45) is 3.19. The number of aromatic nitrogens is 2. The molecular weight excluding hydrogens is 326 g/mol. The van der Waals surface area contributed by atoms with Gasteiger partial charge in [0.05, 0.1) is 5.52 Å². The molecule has 0 atom stereocenters. The van der Waals surface area contributed by atoms with Crippen LogP contribution >= 0.6 is 11.3 Å². The van der Waals surface area contributed by atoms with Gasteiger partial charge in [-0.25, -0.2) is 4.98 Å². The predicted octanol–water partition coefficient (Wildman–Crippen LogP) is 2.91. The number of carbonyl (C=O) groups excluding carboxylic acids is 1. The van der Waals surface area contributed by atoms with E-state index in [9.17, 15) is 14.7 Å². The number of allylic oxidation sites excluding steroid dienone is 1. The van der Waals surface area contributed by atoms with Crippen molar-refractivity contribution >= 4 is 33.3 Å². The molecule has 0 aliphatic heterocycles. The molecular formula is C17H15N3O3S. The first-order chi connectivity index (χ1) is 11.5. The van der Waals surface area contributed by atoms with Crippen LogP contribution in [0.2, 0.25) is 0 Å². The largest absolute Gasteiger partial charge is 0.506 e. The summed E-state index contributed by atoms with van der Waals surface area (Å²) in [5.41, 5.74) is -0.332. The number of aromatic hydroxyl groups is 1. The van der Waals surface area contributed by atoms with E-state index in [1.54, 1.807) is 36.5 Å². The van der Waals surface area contributed by atoms with Crippen LogP contribution in [0.5, 0.6) is 5.75 Å². The lowest BCUT2D eigenvalue weighted by Gasteiger charge is -2.13. The number of thiazole rings is 1. The fraction of sp³-hybridized carbons (Fsp3) is 0.118. The second kappa shape index (κ2) is 6.29. The number of anilines is 1. The molecule has 122 valence electrons. The lowest BCUT2D eigenvalue weighted by Crippen LogP contribution is -2.29. The van der Waals surface area contributed by atoms with Gasteiger partial charge in [-0.2, -0.15) is 0 Å². The summed E-state index contributed by atoms with van der Waals surface area (Å²) in [6, 6.07) is 6.87. The van der Waals surface area contributed by atoms with E-state index in [2.05, 4.69) is 16.9 Å². The van der Waals surface area contributed by atoms with E-state index < -0.39 is 11.5 Å². The quantitative estimate of drug-likeness (QED) is 0.715. The molecule has 0 aliphatic carbocycles. The standard InChI is InChI=1S/C17H15N3O3S/c1-3-8-20-12-7-5-4-6-11(12)14(21)13(16(20)23)15(22)19-17-18-9-10(2)24-17/h3-7,9,21H,1,8H2,2H3,(H,18,19,22). The Kier molecular flexibility index (Phi) is 4.18. The van der Waals surface area contributed by atoms with Gasteiger partial charge in [0.2, 0.25) is 0 Å². The zero-order chi connectivity index (χ0) is 17.3. The highest BCUT2D eigenvalue weighted by molar-refractivity contribution is 7.15. The topological polar surface area (TPSA) is 84.2 Å². The number of hydrogen-bond donors (Lipinski definition) is 2. The first kappa shape index (κ1) is 15.9. The molecule has 0 radical (unpaired) electrons. The number of hydrogen-bond acceptors (Lipinski definition) is 5. The minimum Gasteiger partial charge on any atom is -0.506 e. The molecule has 3 rings (SSSR count). The maximum absolute atomic E-state index is 12.7. The minimum atomic E-state index is -0.685. The van der Waals surface area contributed by atoms with Crippen molar-refractivity contribution in [3.05, 3.63) is 63.9 Å². The summed E-state index contributed by atoms with van der Waals surface area (Å²) in [7, 11) is 0. The van der Waals surface area contributed by atoms with Gasteiger partial charge in [0.1, 0.15) is 11.3 Å². The van der Waals surface area contributed by atoms with Crippen LogP contribution in [-0.2, 0) is 6.54 Å². The highest BCUT2D eigenvalue weighted by Gasteiger charge is 2.22. The van der Waals surface area contributed by atoms with Crippen molar-refractivity contribution in [3.8, 4) is 5.75 Å². The van der Waals surface area contributed by atoms with Crippen LogP contribution in [0.15, 0.2) is 47.9 Å². The van der Waals surface area contributed by atoms with Crippen LogP contribution in [0, 0.1) is 6.92 Å². The van der Waals surface area contributed by atoms with Crippen LogP contribution in [0.4, 0.5) is 5.13 Å². The van der Waals surface area contributed by atoms with Gasteiger partial charge in [0.15, 0.2) is 5.13 Å². The molecule has 0 bridgehead atoms. The van der Waals surface area contributed by atoms with E-state index in [1.165, 1.54) is 15.9 Å². The number of fused-ring (bicyclic) bond motifs is 1. The average Bonchev–Trinajstić information content (AvgIpc) is 2.96. The van der Waals surface area contributed by atoms with Crippen LogP contribution in [-0.4, -0.2) is 20.6 Å². The molecule has 1 amide bonds. The molecule has 0 fully saturated rings. The average molecular weight is 341 g/mol. The number of benzene rings is 1. The smallest absolute Gasteiger partial charge is 0.268 e. The third kappa shape index (κ3) is 2.69. The Bertz CT molecular complexity index is 1000. The van der Waals surface area contributed by atoms with Crippen LogP contribution in [0.3, 0.4) is 0 Å². The molecule has 7 heteroatoms. The fourth-order valence-electron chi connectivity index (χ4n) is 2.48. The van der Waals surface area contributed by atoms with Gasteiger partial charge in [-0.3, -0.25) is 14.9 Å². The molecule has 2 aromatic heterocycles. The van der Waals surface area contributed by atoms with Crippen molar-refractivity contribution < 1.29 is 9.90 Å². The highest BCUT2D eigenvalue weighted by atomic mass is 32.1. The zero-order valence-corrected chi connectivity index (χ0v) is 13.8. The fourth-order valence-corrected chi connectivity index (χ4v) is 3.14. The third-order valence-corrected chi connectivity index (χ3v) is 4.35. The monoisotopic (exact) mass is 341 g/mol. The summed E-state index contributed by atoms with van der Waals surface area (Å²) in [6.45, 7) is 5.73. The van der Waals surface area contributed by atoms with Gasteiger partial charge in [-0.1, -0.05) is 18.2 Å². The Labute approximate surface area is 141 Å². The highest BCUT2D eigenvalue weighted by Crippen LogP contribution is 2.27. The maximum Gasteiger partial charge on any atom is 0.268 e. The summed E-state index contributed by atoms with van der Waals surface area (Å²) in [5.74, 6) is -1.02. The number of amides is 1. The molecule has 1 aromatic carbocycles. The maximum atomic E-state index is 12.7. The van der Waals surface area contributed by atoms with Crippen molar-refractivity contribution in [2.45, 2.75) is 13.5 Å². The van der Waals surface area contributed by atoms with E-state index >= 15 is 0 Å². The van der Waals surface area contributed by atoms with Crippen molar-refractivity contribution in [2.24, 2.45) is 0 Å². The summed E-state index contributed by atoms with van der Waals surface area (Å²) in [4.78, 5) is 30.2. The molecule has 0 aliphatic rings. The van der Waals surface area contributed by atoms with Gasteiger partial charge in [0, 0.05) is 23.0 Å². The first-order valence-electron chi connectivity index (χ1n) is 7.22. The normalized spacial score (nSPS) is 10.7. The number of aryl methyl sites for hydroxylation is 1. The second-order valence-electron chi connectivity index (χ2n) is 5.18. The van der Waals surface area contributed by atoms with E-state index in [4.69, 9.17) is 0 Å². The van der Waals surface area contributed by atoms with Gasteiger partial charge < -0.3 is 9.67 Å². The van der Waals surface area contributed by atoms with Crippen LogP contribution in [0.1, 0.15) is 15.2 Å². The summed E-state index contributed by atoms with van der Waals surface area (Å²) >= 11 is 1.29. The van der Waals surface area contributed by atoms with Crippen LogP contribution < -0.4 is 10.9 Å². The van der Waals surface area contributed by atoms with Crippen LogP contribution in [0.25, 0.3) is 10.9 Å². The second-order valence-corrected chi connectivity index (χ2v) is 6.41. The SMILES string of the molecule is C=CCn1c(=O)c(C(=O)Nc2ncc(C)s2)c(O)c2ccccc21. The first-order valence-corrected chi connectivity index (χ1v) is 8.03. The van der Waals surface area contributed by atoms with E-state index in [0.29, 0.717) is 16.0 Å². The summed E-state index contributed by atoms with van der Waals surface area (Å²) < 4.78 is 1.41. The van der Waals surface area contributed by atoms with Gasteiger partial charge >= 0.3 is 0 Å². The lowest BCUT2D eigenvalue weighted by atomic mass is 10.1. The molecule has 0 unspecified atom stereocenters. The Balaban J connectivity index is 2.18.